The van der Waals surface area contributed by atoms with Gasteiger partial charge in [0.1, 0.15) is 91.6 Å². The van der Waals surface area contributed by atoms with Crippen LogP contribution >= 0.6 is 0 Å². The number of benzene rings is 8. The molecule has 16 heteroatoms. The summed E-state index contributed by atoms with van der Waals surface area (Å²) < 4.78 is 54.4. The molecule has 562 valence electrons. The first-order valence-corrected chi connectivity index (χ1v) is 37.4. The average molecular weight is 1450 g/mol. The molecule has 8 aromatic carbocycles. The second kappa shape index (κ2) is 26.7. The standard InChI is InChI=1S/C92H106N8O8/c1-85(2,3)57-41-49(101-25)42-58(86(4,5)6)73(57)105-65-37-29-33-53-69(65)81-93-77(53)98-82-71-55(35-31-39-67(71)107-75-61(89(13,14)15)45-51(103-27)46-62(75)90(16,17)18)79(95-82)100-84-72-56(36-32-40-68(72)108-76-63(91(19,20)21)47-52(104-28)48-64(76)92(22,23)24)80(96-84)99-83-70-54(78(94-83)97-81)34-30-38-66(70)106-74-59(87(7,8)9)43-50(102-26)44-60(74)88(10,11)12/h29-48H,1-28H3,(H2,93,94,95,96,97,98,99,100). The number of nitrogens with zero attached hydrogens (tertiary/aromatic N) is 6. The molecular weight excluding hydrogens is 1350 g/mol. The number of H-pyrrole nitrogens is 2. The van der Waals surface area contributed by atoms with Crippen LogP contribution in [0.3, 0.4) is 0 Å². The van der Waals surface area contributed by atoms with Gasteiger partial charge in [-0.1, -0.05) is 215 Å². The maximum atomic E-state index is 7.57. The number of ether oxygens (including phenoxy) is 8. The quantitative estimate of drug-likeness (QED) is 0.118. The van der Waals surface area contributed by atoms with Gasteiger partial charge in [0.15, 0.2) is 23.3 Å². The first-order valence-electron chi connectivity index (χ1n) is 37.4. The van der Waals surface area contributed by atoms with Crippen LogP contribution in [0.15, 0.2) is 121 Å². The lowest BCUT2D eigenvalue weighted by atomic mass is 9.79. The van der Waals surface area contributed by atoms with Gasteiger partial charge in [0.25, 0.3) is 0 Å². The molecule has 0 saturated heterocycles. The van der Waals surface area contributed by atoms with E-state index in [1.54, 1.807) is 28.4 Å². The zero-order chi connectivity index (χ0) is 78.2. The Kier molecular flexibility index (Phi) is 18.7. The van der Waals surface area contributed by atoms with Crippen molar-refractivity contribution >= 4 is 44.1 Å². The van der Waals surface area contributed by atoms with E-state index in [-0.39, 0.29) is 43.3 Å². The Morgan fingerprint density at radius 3 is 0.713 bits per heavy atom. The van der Waals surface area contributed by atoms with Crippen LogP contribution < -0.4 is 37.9 Å². The number of fused-ring (bicyclic) bond motifs is 20. The highest BCUT2D eigenvalue weighted by Crippen LogP contribution is 2.54. The van der Waals surface area contributed by atoms with Crippen LogP contribution in [-0.2, 0) is 43.3 Å². The molecule has 5 heterocycles. The van der Waals surface area contributed by atoms with Crippen LogP contribution in [0.1, 0.15) is 211 Å². The molecule has 2 aliphatic rings. The summed E-state index contributed by atoms with van der Waals surface area (Å²) >= 11 is 0. The largest absolute Gasteiger partial charge is 0.497 e. The van der Waals surface area contributed by atoms with Gasteiger partial charge >= 0.3 is 0 Å². The third kappa shape index (κ3) is 14.2. The lowest BCUT2D eigenvalue weighted by Crippen LogP contribution is -2.19. The Morgan fingerprint density at radius 1 is 0.250 bits per heavy atom. The summed E-state index contributed by atoms with van der Waals surface area (Å²) in [4.78, 5) is 41.6. The zero-order valence-electron chi connectivity index (χ0n) is 68.5. The predicted molar refractivity (Wildman–Crippen MR) is 438 cm³/mol. The van der Waals surface area contributed by atoms with E-state index >= 15 is 0 Å². The molecule has 13 rings (SSSR count). The van der Waals surface area contributed by atoms with Crippen molar-refractivity contribution in [1.82, 2.24) is 39.9 Å². The van der Waals surface area contributed by atoms with Crippen LogP contribution in [-0.4, -0.2) is 68.3 Å². The van der Waals surface area contributed by atoms with E-state index in [0.717, 1.165) is 67.5 Å². The molecule has 0 amide bonds. The second-order valence-electron chi connectivity index (χ2n) is 36.9. The molecule has 2 N–H and O–H groups in total. The molecule has 0 saturated carbocycles. The lowest BCUT2D eigenvalue weighted by molar-refractivity contribution is 0.399. The van der Waals surface area contributed by atoms with Gasteiger partial charge in [-0.05, 0) is 116 Å². The van der Waals surface area contributed by atoms with Crippen LogP contribution in [0, 0.1) is 0 Å². The third-order valence-electron chi connectivity index (χ3n) is 20.3. The topological polar surface area (TPSA) is 183 Å². The van der Waals surface area contributed by atoms with E-state index in [9.17, 15) is 0 Å². The smallest absolute Gasteiger partial charge is 0.168 e. The Hall–Kier alpha value is -10.5. The molecule has 0 spiro atoms. The van der Waals surface area contributed by atoms with Gasteiger partial charge in [-0.2, -0.15) is 0 Å². The van der Waals surface area contributed by atoms with Crippen LogP contribution in [0.5, 0.6) is 69.0 Å². The fourth-order valence-corrected chi connectivity index (χ4v) is 14.4. The van der Waals surface area contributed by atoms with Crippen LogP contribution in [0.25, 0.3) is 89.7 Å². The maximum absolute atomic E-state index is 7.57. The van der Waals surface area contributed by atoms with Gasteiger partial charge in [-0.15, -0.1) is 0 Å². The minimum atomic E-state index is -0.390. The minimum absolute atomic E-state index is 0.333. The highest BCUT2D eigenvalue weighted by Gasteiger charge is 2.37. The van der Waals surface area contributed by atoms with Crippen molar-refractivity contribution < 1.29 is 37.9 Å². The Bertz CT molecular complexity index is 5120. The van der Waals surface area contributed by atoms with E-state index in [1.807, 2.05) is 72.8 Å². The summed E-state index contributed by atoms with van der Waals surface area (Å²) in [5.74, 6) is 9.29. The van der Waals surface area contributed by atoms with Crippen LogP contribution in [0.2, 0.25) is 0 Å². The molecule has 16 nitrogen and oxygen atoms in total. The number of aromatic amines is 2. The van der Waals surface area contributed by atoms with Crippen LogP contribution in [0.4, 0.5) is 0 Å². The van der Waals surface area contributed by atoms with Gasteiger partial charge < -0.3 is 47.9 Å². The molecule has 0 atom stereocenters. The molecule has 3 aromatic heterocycles. The number of rotatable bonds is 12. The van der Waals surface area contributed by atoms with E-state index in [0.29, 0.717) is 136 Å². The summed E-state index contributed by atoms with van der Waals surface area (Å²) in [5.41, 5.74) is 8.95. The van der Waals surface area contributed by atoms with Crippen molar-refractivity contribution in [2.45, 2.75) is 209 Å². The average Bonchev–Trinajstić information content (AvgIpc) is 1.59. The highest BCUT2D eigenvalue weighted by atomic mass is 16.5. The van der Waals surface area contributed by atoms with Gasteiger partial charge in [0.2, 0.25) is 0 Å². The SMILES string of the molecule is COc1cc(C(C)(C)C)c(Oc2cccc3c2-c2nc-3nc3[nH]c(nc4nc(nc5[nH]c(n2)c2cccc(Oc6c(C(C)(C)C)cc(OC)cc6C(C)(C)C)c52)-c2cccc(Oc5c(C(C)(C)C)cc(OC)cc5C(C)(C)C)c2-4)c2cccc(Oc4c(C(C)(C)C)cc(OC)cc4C(C)(C)C)c32)c(C(C)(C)C)c1. The Morgan fingerprint density at radius 2 is 0.472 bits per heavy atom. The minimum Gasteiger partial charge on any atom is -0.497 e. The molecule has 0 aliphatic carbocycles. The monoisotopic (exact) mass is 1450 g/mol. The Labute approximate surface area is 636 Å². The fraction of sp³-hybridized carbons (Fsp3) is 0.391. The number of hydrogen-bond acceptors (Lipinski definition) is 14. The molecule has 108 heavy (non-hydrogen) atoms. The summed E-state index contributed by atoms with van der Waals surface area (Å²) in [6, 6.07) is 40.7. The van der Waals surface area contributed by atoms with Crippen molar-refractivity contribution in [3.05, 3.63) is 166 Å². The van der Waals surface area contributed by atoms with Crippen molar-refractivity contribution in [3.63, 3.8) is 0 Å². The van der Waals surface area contributed by atoms with Crippen molar-refractivity contribution in [3.8, 4) is 115 Å². The zero-order valence-corrected chi connectivity index (χ0v) is 68.5. The molecule has 2 aliphatic heterocycles. The van der Waals surface area contributed by atoms with E-state index in [4.69, 9.17) is 67.8 Å². The maximum Gasteiger partial charge on any atom is 0.168 e. The molecule has 8 bridgehead atoms. The number of aromatic nitrogens is 8. The second-order valence-corrected chi connectivity index (χ2v) is 36.9. The first-order chi connectivity index (χ1) is 50.4. The number of methoxy groups -OCH3 is 4. The molecular formula is C92H106N8O8. The molecule has 11 aromatic rings. The van der Waals surface area contributed by atoms with E-state index in [2.05, 4.69) is 225 Å². The summed E-state index contributed by atoms with van der Waals surface area (Å²) in [6.45, 7) is 52.6. The summed E-state index contributed by atoms with van der Waals surface area (Å²) in [6.07, 6.45) is 0. The van der Waals surface area contributed by atoms with Crippen molar-refractivity contribution in [2.75, 3.05) is 28.4 Å². The third-order valence-corrected chi connectivity index (χ3v) is 20.3. The van der Waals surface area contributed by atoms with Crippen molar-refractivity contribution in [2.24, 2.45) is 0 Å². The van der Waals surface area contributed by atoms with Gasteiger partial charge in [0, 0.05) is 66.4 Å². The normalized spacial score (nSPS) is 13.0. The molecule has 0 radical (unpaired) electrons. The fourth-order valence-electron chi connectivity index (χ4n) is 14.4. The lowest BCUT2D eigenvalue weighted by Gasteiger charge is -2.30. The van der Waals surface area contributed by atoms with Gasteiger partial charge in [0.05, 0.1) is 50.3 Å². The number of nitrogens with one attached hydrogen (secondary N) is 2. The van der Waals surface area contributed by atoms with Gasteiger partial charge in [-0.3, -0.25) is 0 Å². The van der Waals surface area contributed by atoms with Crippen molar-refractivity contribution in [1.29, 1.82) is 0 Å². The van der Waals surface area contributed by atoms with E-state index < -0.39 is 0 Å². The Balaban J connectivity index is 1.20. The highest BCUT2D eigenvalue weighted by molar-refractivity contribution is 6.10. The number of hydrogen-bond donors (Lipinski definition) is 2. The summed E-state index contributed by atoms with van der Waals surface area (Å²) in [5, 5.41) is 2.69. The van der Waals surface area contributed by atoms with Gasteiger partial charge in [-0.25, -0.2) is 29.9 Å². The predicted octanol–water partition coefficient (Wildman–Crippen LogP) is 24.5. The first kappa shape index (κ1) is 75.7. The van der Waals surface area contributed by atoms with E-state index in [1.165, 1.54) is 0 Å². The molecule has 0 unspecified atom stereocenters. The molecule has 0 fully saturated rings. The summed E-state index contributed by atoms with van der Waals surface area (Å²) in [7, 11) is 6.83.